The van der Waals surface area contributed by atoms with Crippen LogP contribution in [0.1, 0.15) is 62.8 Å². The molecule has 0 nitrogen and oxygen atoms in total. The molecule has 3 heteroatoms. The molecule has 2 aromatic carbocycles. The molecule has 27 heavy (non-hydrogen) atoms. The van der Waals surface area contributed by atoms with E-state index >= 15 is 0 Å². The highest BCUT2D eigenvalue weighted by Gasteiger charge is 2.22. The van der Waals surface area contributed by atoms with E-state index in [9.17, 15) is 13.2 Å². The van der Waals surface area contributed by atoms with Crippen LogP contribution in [0.15, 0.2) is 54.9 Å². The summed E-state index contributed by atoms with van der Waals surface area (Å²) in [7, 11) is 0. The zero-order valence-corrected chi connectivity index (χ0v) is 15.6. The zero-order valence-electron chi connectivity index (χ0n) is 15.6. The topological polar surface area (TPSA) is 0 Å². The molecule has 1 aliphatic carbocycles. The Bertz CT molecular complexity index is 741. The normalized spacial score (nSPS) is 20.3. The highest BCUT2D eigenvalue weighted by Crippen LogP contribution is 2.38. The van der Waals surface area contributed by atoms with Gasteiger partial charge in [0.25, 0.3) is 0 Å². The molecule has 3 rings (SSSR count). The molecule has 0 amide bonds. The van der Waals surface area contributed by atoms with Crippen molar-refractivity contribution in [3.63, 3.8) is 0 Å². The highest BCUT2D eigenvalue weighted by atomic mass is 19.2. The monoisotopic (exact) mass is 372 g/mol. The molecule has 0 heterocycles. The predicted octanol–water partition coefficient (Wildman–Crippen LogP) is 7.95. The van der Waals surface area contributed by atoms with Crippen LogP contribution in [0.2, 0.25) is 0 Å². The zero-order chi connectivity index (χ0) is 19.1. The molecule has 0 spiro atoms. The summed E-state index contributed by atoms with van der Waals surface area (Å²) >= 11 is 0. The van der Waals surface area contributed by atoms with Crippen LogP contribution >= 0.6 is 0 Å². The van der Waals surface area contributed by atoms with Crippen molar-refractivity contribution < 1.29 is 13.2 Å². The molecule has 0 radical (unpaired) electrons. The Hall–Kier alpha value is -2.03. The largest absolute Gasteiger partial charge is 0.216 e. The van der Waals surface area contributed by atoms with Crippen LogP contribution in [0, 0.1) is 17.6 Å². The van der Waals surface area contributed by atoms with Crippen molar-refractivity contribution in [1.29, 1.82) is 0 Å². The van der Waals surface area contributed by atoms with Gasteiger partial charge in [-0.25, -0.2) is 13.2 Å². The molecule has 0 unspecified atom stereocenters. The van der Waals surface area contributed by atoms with Crippen molar-refractivity contribution in [3.05, 3.63) is 72.1 Å². The molecule has 0 bridgehead atoms. The van der Waals surface area contributed by atoms with E-state index in [2.05, 4.69) is 12.1 Å². The molecule has 1 saturated carbocycles. The molecule has 0 aliphatic heterocycles. The number of rotatable bonds is 7. The number of halogens is 3. The van der Waals surface area contributed by atoms with Gasteiger partial charge in [0.15, 0.2) is 11.6 Å². The average Bonchev–Trinajstić information content (AvgIpc) is 2.71. The van der Waals surface area contributed by atoms with Crippen molar-refractivity contribution in [3.8, 4) is 11.1 Å². The Kier molecular flexibility index (Phi) is 7.14. The summed E-state index contributed by atoms with van der Waals surface area (Å²) in [6.07, 6.45) is 11.5. The summed E-state index contributed by atoms with van der Waals surface area (Å²) < 4.78 is 38.4. The lowest BCUT2D eigenvalue weighted by atomic mass is 9.77. The van der Waals surface area contributed by atoms with Gasteiger partial charge in [-0.1, -0.05) is 49.2 Å². The van der Waals surface area contributed by atoms with E-state index in [4.69, 9.17) is 0 Å². The fourth-order valence-electron chi connectivity index (χ4n) is 4.17. The summed E-state index contributed by atoms with van der Waals surface area (Å²) in [6.45, 7) is 0. The van der Waals surface area contributed by atoms with Crippen LogP contribution in [0.5, 0.6) is 0 Å². The predicted molar refractivity (Wildman–Crippen MR) is 105 cm³/mol. The van der Waals surface area contributed by atoms with E-state index in [1.54, 1.807) is 12.1 Å². The summed E-state index contributed by atoms with van der Waals surface area (Å²) in [4.78, 5) is 0. The second-order valence-corrected chi connectivity index (χ2v) is 7.61. The molecule has 144 valence electrons. The van der Waals surface area contributed by atoms with Crippen LogP contribution in [-0.4, -0.2) is 0 Å². The number of benzene rings is 2. The number of hydrogen-bond acceptors (Lipinski definition) is 0. The molecule has 0 saturated heterocycles. The molecule has 1 fully saturated rings. The standard InChI is InChI=1S/C24H27F3/c25-16-4-2-1-3-5-18-6-8-19(9-7-18)20-10-12-21(13-11-20)22-14-15-23(26)24(27)17-22/h4,10-19H,1-3,5-9H2/b16-4+. The van der Waals surface area contributed by atoms with Crippen molar-refractivity contribution >= 4 is 0 Å². The van der Waals surface area contributed by atoms with E-state index in [1.807, 2.05) is 12.1 Å². The van der Waals surface area contributed by atoms with Gasteiger partial charge in [-0.15, -0.1) is 0 Å². The van der Waals surface area contributed by atoms with Gasteiger partial charge in [0.05, 0.1) is 6.33 Å². The van der Waals surface area contributed by atoms with Gasteiger partial charge >= 0.3 is 0 Å². The number of allylic oxidation sites excluding steroid dienone is 1. The Morgan fingerprint density at radius 2 is 1.52 bits per heavy atom. The number of hydrogen-bond donors (Lipinski definition) is 0. The first-order valence-corrected chi connectivity index (χ1v) is 9.98. The van der Waals surface area contributed by atoms with E-state index < -0.39 is 11.6 Å². The van der Waals surface area contributed by atoms with Gasteiger partial charge in [0.1, 0.15) is 0 Å². The smallest absolute Gasteiger partial charge is 0.159 e. The summed E-state index contributed by atoms with van der Waals surface area (Å²) in [5.74, 6) is -0.228. The highest BCUT2D eigenvalue weighted by molar-refractivity contribution is 5.63. The maximum atomic E-state index is 13.4. The van der Waals surface area contributed by atoms with Crippen LogP contribution in [0.4, 0.5) is 13.2 Å². The van der Waals surface area contributed by atoms with Crippen molar-refractivity contribution in [1.82, 2.24) is 0 Å². The maximum absolute atomic E-state index is 13.4. The summed E-state index contributed by atoms with van der Waals surface area (Å²) in [6, 6.07) is 12.3. The minimum Gasteiger partial charge on any atom is -0.216 e. The third kappa shape index (κ3) is 5.47. The van der Waals surface area contributed by atoms with Crippen molar-refractivity contribution in [2.75, 3.05) is 0 Å². The van der Waals surface area contributed by atoms with Gasteiger partial charge in [0.2, 0.25) is 0 Å². The molecule has 0 aromatic heterocycles. The second-order valence-electron chi connectivity index (χ2n) is 7.61. The van der Waals surface area contributed by atoms with Gasteiger partial charge in [-0.3, -0.25) is 0 Å². The summed E-state index contributed by atoms with van der Waals surface area (Å²) in [5, 5.41) is 0. The molecule has 2 aromatic rings. The van der Waals surface area contributed by atoms with E-state index in [0.717, 1.165) is 24.3 Å². The third-order valence-electron chi connectivity index (χ3n) is 5.80. The van der Waals surface area contributed by atoms with E-state index in [-0.39, 0.29) is 0 Å². The van der Waals surface area contributed by atoms with E-state index in [0.29, 0.717) is 17.8 Å². The van der Waals surface area contributed by atoms with Gasteiger partial charge in [-0.05, 0) is 79.2 Å². The van der Waals surface area contributed by atoms with E-state index in [1.165, 1.54) is 56.2 Å². The van der Waals surface area contributed by atoms with Gasteiger partial charge in [-0.2, -0.15) is 0 Å². The first-order chi connectivity index (χ1) is 13.2. The van der Waals surface area contributed by atoms with Crippen LogP contribution < -0.4 is 0 Å². The molecular weight excluding hydrogens is 345 g/mol. The third-order valence-corrected chi connectivity index (χ3v) is 5.80. The summed E-state index contributed by atoms with van der Waals surface area (Å²) in [5.41, 5.74) is 2.95. The maximum Gasteiger partial charge on any atom is 0.159 e. The first-order valence-electron chi connectivity index (χ1n) is 9.98. The SMILES string of the molecule is F/C=C/CCCCC1CCC(c2ccc(-c3ccc(F)c(F)c3)cc2)CC1. The Labute approximate surface area is 160 Å². The van der Waals surface area contributed by atoms with Crippen LogP contribution in [0.25, 0.3) is 11.1 Å². The number of unbranched alkanes of at least 4 members (excludes halogenated alkanes) is 2. The lowest BCUT2D eigenvalue weighted by Crippen LogP contribution is -2.13. The van der Waals surface area contributed by atoms with Gasteiger partial charge < -0.3 is 0 Å². The van der Waals surface area contributed by atoms with Gasteiger partial charge in [0, 0.05) is 0 Å². The lowest BCUT2D eigenvalue weighted by Gasteiger charge is -2.29. The minimum absolute atomic E-state index is 0.592. The average molecular weight is 372 g/mol. The van der Waals surface area contributed by atoms with Crippen LogP contribution in [0.3, 0.4) is 0 Å². The Morgan fingerprint density at radius 3 is 2.19 bits per heavy atom. The van der Waals surface area contributed by atoms with Crippen LogP contribution in [-0.2, 0) is 0 Å². The van der Waals surface area contributed by atoms with Crippen molar-refractivity contribution in [2.24, 2.45) is 5.92 Å². The second kappa shape index (κ2) is 9.77. The fraction of sp³-hybridized carbons (Fsp3) is 0.417. The quantitative estimate of drug-likeness (QED) is 0.433. The fourth-order valence-corrected chi connectivity index (χ4v) is 4.17. The lowest BCUT2D eigenvalue weighted by molar-refractivity contribution is 0.303. The molecule has 0 atom stereocenters. The first kappa shape index (κ1) is 19.7. The Morgan fingerprint density at radius 1 is 0.815 bits per heavy atom. The molecule has 0 N–H and O–H groups in total. The Balaban J connectivity index is 1.50. The van der Waals surface area contributed by atoms with Crippen molar-refractivity contribution in [2.45, 2.75) is 57.3 Å². The molecular formula is C24H27F3. The minimum atomic E-state index is -0.814. The molecule has 1 aliphatic rings.